The molecule has 526 valence electrons. The highest BCUT2D eigenvalue weighted by Crippen LogP contribution is 2.35. The maximum Gasteiger partial charge on any atom is 0.329 e. The first kappa shape index (κ1) is 75.0. The van der Waals surface area contributed by atoms with E-state index in [0.29, 0.717) is 11.1 Å². The van der Waals surface area contributed by atoms with Crippen LogP contribution in [0.3, 0.4) is 0 Å². The van der Waals surface area contributed by atoms with Crippen LogP contribution in [-0.2, 0) is 67.0 Å². The van der Waals surface area contributed by atoms with E-state index in [1.165, 1.54) is 70.4 Å². The summed E-state index contributed by atoms with van der Waals surface area (Å²) in [5.41, 5.74) is 6.21. The smallest absolute Gasteiger partial charge is 0.329 e. The van der Waals surface area contributed by atoms with E-state index in [1.54, 1.807) is 56.3 Å². The fourth-order valence-electron chi connectivity index (χ4n) is 11.3. The van der Waals surface area contributed by atoms with Crippen LogP contribution in [0.1, 0.15) is 119 Å². The Morgan fingerprint density at radius 3 is 2.04 bits per heavy atom. The Bertz CT molecular complexity index is 3630. The Morgan fingerprint density at radius 1 is 0.724 bits per heavy atom. The van der Waals surface area contributed by atoms with Gasteiger partial charge in [0.25, 0.3) is 5.91 Å². The minimum atomic E-state index is -2.61. The summed E-state index contributed by atoms with van der Waals surface area (Å²) in [6, 6.07) is 7.80. The van der Waals surface area contributed by atoms with Gasteiger partial charge in [-0.1, -0.05) is 100 Å². The molecule has 31 heteroatoms. The molecule has 0 aromatic heterocycles. The number of amides is 11. The number of phenols is 1. The first-order valence-electron chi connectivity index (χ1n) is 31.6. The van der Waals surface area contributed by atoms with Crippen LogP contribution in [0.15, 0.2) is 103 Å². The summed E-state index contributed by atoms with van der Waals surface area (Å²) in [6.45, 7) is 8.05. The molecular formula is C67H83N11O20. The van der Waals surface area contributed by atoms with Crippen molar-refractivity contribution >= 4 is 77.0 Å². The monoisotopic (exact) mass is 1360 g/mol. The fraction of sp³-hybridized carbons (Fsp3) is 0.433. The van der Waals surface area contributed by atoms with Gasteiger partial charge >= 0.3 is 5.97 Å². The molecular weight excluding hydrogens is 1280 g/mol. The number of carbonyl (C=O) groups excluding carboxylic acids is 12. The molecule has 2 saturated heterocycles. The highest BCUT2D eigenvalue weighted by Gasteiger charge is 2.44. The van der Waals surface area contributed by atoms with Gasteiger partial charge in [-0.05, 0) is 103 Å². The van der Waals surface area contributed by atoms with E-state index >= 15 is 4.79 Å². The van der Waals surface area contributed by atoms with E-state index in [2.05, 4.69) is 47.9 Å². The summed E-state index contributed by atoms with van der Waals surface area (Å²) in [4.78, 5) is 173. The molecule has 2 fully saturated rings. The predicted octanol–water partition coefficient (Wildman–Crippen LogP) is -1.12. The average molecular weight is 1360 g/mol. The maximum atomic E-state index is 15.1. The molecule has 10 rings (SSSR count). The van der Waals surface area contributed by atoms with Gasteiger partial charge in [-0.3, -0.25) is 52.7 Å². The van der Waals surface area contributed by atoms with Crippen LogP contribution in [-0.4, -0.2) is 182 Å². The number of carbonyl (C=O) groups is 12. The van der Waals surface area contributed by atoms with Gasteiger partial charge in [-0.2, -0.15) is 0 Å². The molecule has 6 aliphatic heterocycles. The fourth-order valence-corrected chi connectivity index (χ4v) is 11.3. The number of methoxy groups -OCH3 is 1. The summed E-state index contributed by atoms with van der Waals surface area (Å²) in [7, 11) is 1.36. The zero-order valence-electron chi connectivity index (χ0n) is 54.8. The molecule has 0 aliphatic carbocycles. The zero-order chi connectivity index (χ0) is 71.8. The topological polar surface area (TPSA) is 471 Å². The summed E-state index contributed by atoms with van der Waals surface area (Å²) in [5, 5.41) is 78.5. The number of benzene rings is 4. The Morgan fingerprint density at radius 2 is 1.39 bits per heavy atom. The summed E-state index contributed by atoms with van der Waals surface area (Å²) in [6.07, 6.45) is -9.08. The van der Waals surface area contributed by atoms with E-state index in [9.17, 15) is 78.3 Å². The van der Waals surface area contributed by atoms with Gasteiger partial charge in [0.1, 0.15) is 78.5 Å². The van der Waals surface area contributed by atoms with Gasteiger partial charge in [0.2, 0.25) is 65.3 Å². The minimum absolute atomic E-state index is 0.0139. The lowest BCUT2D eigenvalue weighted by molar-refractivity contribution is -0.157. The van der Waals surface area contributed by atoms with E-state index in [4.69, 9.17) is 19.9 Å². The number of phenolic OH excluding ortho intramolecular Hbond substituents is 1. The molecule has 0 unspecified atom stereocenters. The standard InChI is InChI=1S/C67H83N11O20/c1-32(2)28-42-58(86)77-65(93)64(92)76-53-56(85)39-21-25-45(80)46(29-39)98-40-23-19-37(20-24-40)52(62(90)74-50(33(3)4)60(88)69-31-49(83)73-54(55(84)38-15-9-8-10-16-38)66(94)78-27-13-18-44(78)59(87)70-42)75-61(89)51(35(6)97-67(95)43(30-47(68)81)71-63(53)91)72-48(82)26-22-36-14-11-12-17-41(36)57(96-7)34(5)79/h8-12,14-17,19-26,29,32-35,42-44,50-57,65,79-80,84-85,93H,13,18,27-28,30-31H2,1-7H3,(H2,68,81)(H,69,88)(H,70,87)(H,71,91)(H,72,82)(H,73,83)(H,74,90)(H,75,89)(H,76,92)(H,77,86)/b26-22+/t34-,35-,42+,43-,44-,50-,51-,52-,53+,54-,55-,56+,57-,65-/m0/s1. The first-order chi connectivity index (χ1) is 46.5. The van der Waals surface area contributed by atoms with Crippen LogP contribution in [0, 0.1) is 11.8 Å². The molecule has 4 aromatic rings. The number of nitrogens with zero attached hydrogens (tertiary/aromatic N) is 1. The lowest BCUT2D eigenvalue weighted by atomic mass is 9.98. The molecule has 6 bridgehead atoms. The normalized spacial score (nSPS) is 25.5. The summed E-state index contributed by atoms with van der Waals surface area (Å²) < 4.78 is 17.3. The Kier molecular flexibility index (Phi) is 26.1. The molecule has 0 saturated carbocycles. The van der Waals surface area contributed by atoms with Gasteiger partial charge in [-0.15, -0.1) is 0 Å². The van der Waals surface area contributed by atoms with E-state index in [0.717, 1.165) is 36.1 Å². The first-order valence-corrected chi connectivity index (χ1v) is 31.6. The molecule has 0 radical (unpaired) electrons. The van der Waals surface area contributed by atoms with Crippen molar-refractivity contribution in [2.45, 2.75) is 152 Å². The van der Waals surface area contributed by atoms with Gasteiger partial charge in [-0.25, -0.2) is 4.79 Å². The number of primary amides is 1. The minimum Gasteiger partial charge on any atom is -0.504 e. The molecule has 0 spiro atoms. The third-order valence-corrected chi connectivity index (χ3v) is 16.4. The zero-order valence-corrected chi connectivity index (χ0v) is 54.8. The van der Waals surface area contributed by atoms with Crippen LogP contribution in [0.4, 0.5) is 0 Å². The highest BCUT2D eigenvalue weighted by atomic mass is 16.5. The van der Waals surface area contributed by atoms with Crippen molar-refractivity contribution in [2.75, 3.05) is 20.2 Å². The number of aromatic hydroxyl groups is 1. The molecule has 31 nitrogen and oxygen atoms in total. The third-order valence-electron chi connectivity index (χ3n) is 16.4. The number of nitrogens with two attached hydrogens (primary N) is 1. The number of esters is 1. The van der Waals surface area contributed by atoms with Crippen molar-refractivity contribution in [1.82, 2.24) is 52.8 Å². The predicted molar refractivity (Wildman–Crippen MR) is 346 cm³/mol. The molecule has 11 amide bonds. The summed E-state index contributed by atoms with van der Waals surface area (Å²) >= 11 is 0. The van der Waals surface area contributed by atoms with Crippen molar-refractivity contribution in [2.24, 2.45) is 17.6 Å². The SMILES string of the molecule is CO[C@H](c1ccccc1/C=C/C(=O)N[C@@H]1C(=O)N[C@@H]2C(=O)N[C@@H](C(C)C)C(=O)NCC(=O)N[C@@H]([C@@H](O)c3ccccc3)C(=O)N3CCC[C@H]3C(=O)N[C@H](CC(C)C)C(=O)N[C@@H](O)C(=O)N[C@@H](C(=O)N[C@@H](CC(N)=O)C(=O)O[C@H]1C)[C@H](O)c1ccc(O)c(c1)Oc1ccc2cc1)[C@H](C)O. The number of aliphatic hydroxyl groups excluding tert-OH is 4. The highest BCUT2D eigenvalue weighted by molar-refractivity contribution is 6.00. The van der Waals surface area contributed by atoms with Gasteiger partial charge < -0.3 is 98.2 Å². The number of hydrogen-bond acceptors (Lipinski definition) is 20. The Labute approximate surface area is 563 Å². The van der Waals surface area contributed by atoms with Gasteiger partial charge in [0.05, 0.1) is 19.1 Å². The van der Waals surface area contributed by atoms with E-state index in [-0.39, 0.29) is 54.2 Å². The van der Waals surface area contributed by atoms with E-state index in [1.807, 2.05) is 0 Å². The van der Waals surface area contributed by atoms with Crippen molar-refractivity contribution in [1.29, 1.82) is 0 Å². The average Bonchev–Trinajstić information content (AvgIpc) is 1.52. The van der Waals surface area contributed by atoms with Crippen molar-refractivity contribution in [3.05, 3.63) is 131 Å². The van der Waals surface area contributed by atoms with Crippen LogP contribution in [0.25, 0.3) is 6.08 Å². The molecule has 16 N–H and O–H groups in total. The number of ether oxygens (including phenoxy) is 3. The van der Waals surface area contributed by atoms with Crippen LogP contribution >= 0.6 is 0 Å². The van der Waals surface area contributed by atoms with E-state index < -0.39 is 186 Å². The Balaban J connectivity index is 1.37. The lowest BCUT2D eigenvalue weighted by Gasteiger charge is -2.32. The second-order valence-corrected chi connectivity index (χ2v) is 24.6. The lowest BCUT2D eigenvalue weighted by Crippen LogP contribution is -2.60. The van der Waals surface area contributed by atoms with Gasteiger partial charge in [0.15, 0.2) is 11.5 Å². The number of hydrogen-bond donors (Lipinski definition) is 15. The third kappa shape index (κ3) is 19.5. The van der Waals surface area contributed by atoms with Crippen LogP contribution in [0.5, 0.6) is 17.2 Å². The molecule has 6 aliphatic rings. The molecule has 4 aromatic carbocycles. The number of rotatable bonds is 13. The Hall–Kier alpha value is -10.3. The quantitative estimate of drug-likeness (QED) is 0.0557. The molecule has 98 heavy (non-hydrogen) atoms. The molecule has 14 atom stereocenters. The maximum absolute atomic E-state index is 15.1. The molecule has 6 heterocycles. The number of aliphatic hydroxyl groups is 4. The number of nitrogens with one attached hydrogen (secondary N) is 9. The van der Waals surface area contributed by atoms with Crippen LogP contribution < -0.4 is 58.3 Å². The van der Waals surface area contributed by atoms with Gasteiger partial charge in [0, 0.05) is 19.7 Å². The largest absolute Gasteiger partial charge is 0.504 e. The second-order valence-electron chi connectivity index (χ2n) is 24.6. The summed E-state index contributed by atoms with van der Waals surface area (Å²) in [5.74, 6) is -16.6. The van der Waals surface area contributed by atoms with Crippen molar-refractivity contribution < 1.29 is 97.3 Å². The van der Waals surface area contributed by atoms with Crippen molar-refractivity contribution in [3.63, 3.8) is 0 Å². The van der Waals surface area contributed by atoms with Crippen LogP contribution in [0.2, 0.25) is 0 Å². The second kappa shape index (κ2) is 34.0. The van der Waals surface area contributed by atoms with Crippen molar-refractivity contribution in [3.8, 4) is 17.2 Å².